The molecule has 102 valence electrons. The van der Waals surface area contributed by atoms with Crippen LogP contribution < -0.4 is 10.2 Å². The van der Waals surface area contributed by atoms with Crippen LogP contribution in [0.25, 0.3) is 0 Å². The number of anilines is 1. The molecule has 5 heteroatoms. The van der Waals surface area contributed by atoms with Crippen LogP contribution in [0.3, 0.4) is 0 Å². The van der Waals surface area contributed by atoms with E-state index in [4.69, 9.17) is 4.52 Å². The summed E-state index contributed by atoms with van der Waals surface area (Å²) in [6.07, 6.45) is 6.99. The van der Waals surface area contributed by atoms with E-state index in [1.165, 1.54) is 25.7 Å². The molecule has 1 saturated heterocycles. The van der Waals surface area contributed by atoms with Gasteiger partial charge in [-0.05, 0) is 38.4 Å². The first-order valence-electron chi connectivity index (χ1n) is 7.04. The zero-order chi connectivity index (χ0) is 12.8. The normalized spacial score (nSPS) is 18.7. The molecule has 5 nitrogen and oxygen atoms in total. The quantitative estimate of drug-likeness (QED) is 0.868. The smallest absolute Gasteiger partial charge is 0.266 e. The van der Waals surface area contributed by atoms with Gasteiger partial charge in [0.1, 0.15) is 0 Å². The topological polar surface area (TPSA) is 54.2 Å². The standard InChI is InChI=1S/C13H24N4O/c1-11(14-2)7-8-12-15-13(16-18-12)17-9-5-3-4-6-10-17/h11,14H,3-10H2,1-2H3. The summed E-state index contributed by atoms with van der Waals surface area (Å²) >= 11 is 0. The van der Waals surface area contributed by atoms with Crippen LogP contribution in [0.2, 0.25) is 0 Å². The number of rotatable bonds is 5. The van der Waals surface area contributed by atoms with Gasteiger partial charge in [-0.3, -0.25) is 0 Å². The molecule has 1 aromatic rings. The van der Waals surface area contributed by atoms with Crippen LogP contribution in [0.5, 0.6) is 0 Å². The lowest BCUT2D eigenvalue weighted by Gasteiger charge is -2.16. The van der Waals surface area contributed by atoms with Crippen LogP contribution in [-0.4, -0.2) is 36.3 Å². The number of hydrogen-bond acceptors (Lipinski definition) is 5. The van der Waals surface area contributed by atoms with Crippen molar-refractivity contribution < 1.29 is 4.52 Å². The summed E-state index contributed by atoms with van der Waals surface area (Å²) in [5.41, 5.74) is 0. The molecule has 1 aromatic heterocycles. The van der Waals surface area contributed by atoms with Gasteiger partial charge < -0.3 is 14.7 Å². The minimum atomic E-state index is 0.485. The number of aryl methyl sites for hydroxylation is 1. The van der Waals surface area contributed by atoms with E-state index >= 15 is 0 Å². The summed E-state index contributed by atoms with van der Waals surface area (Å²) in [4.78, 5) is 6.75. The predicted octanol–water partition coefficient (Wildman–Crippen LogP) is 1.99. The molecule has 1 atom stereocenters. The van der Waals surface area contributed by atoms with E-state index in [0.29, 0.717) is 6.04 Å². The minimum Gasteiger partial charge on any atom is -0.338 e. The Hall–Kier alpha value is -1.10. The van der Waals surface area contributed by atoms with Crippen LogP contribution in [0.4, 0.5) is 5.95 Å². The van der Waals surface area contributed by atoms with Crippen LogP contribution in [0.15, 0.2) is 4.52 Å². The van der Waals surface area contributed by atoms with Gasteiger partial charge in [0.15, 0.2) is 0 Å². The third-order valence-corrected chi connectivity index (χ3v) is 3.63. The highest BCUT2D eigenvalue weighted by molar-refractivity contribution is 5.27. The molecule has 0 aliphatic carbocycles. The van der Waals surface area contributed by atoms with Crippen LogP contribution >= 0.6 is 0 Å². The lowest BCUT2D eigenvalue weighted by Crippen LogP contribution is -2.25. The van der Waals surface area contributed by atoms with Crippen molar-refractivity contribution in [2.75, 3.05) is 25.0 Å². The summed E-state index contributed by atoms with van der Waals surface area (Å²) in [5, 5.41) is 7.32. The second-order valence-corrected chi connectivity index (χ2v) is 5.12. The monoisotopic (exact) mass is 252 g/mol. The molecular formula is C13H24N4O. The summed E-state index contributed by atoms with van der Waals surface area (Å²) < 4.78 is 5.32. The minimum absolute atomic E-state index is 0.485. The van der Waals surface area contributed by atoms with Crippen molar-refractivity contribution in [1.82, 2.24) is 15.5 Å². The zero-order valence-corrected chi connectivity index (χ0v) is 11.5. The van der Waals surface area contributed by atoms with E-state index < -0.39 is 0 Å². The van der Waals surface area contributed by atoms with E-state index in [9.17, 15) is 0 Å². The first-order valence-corrected chi connectivity index (χ1v) is 7.04. The Balaban J connectivity index is 1.88. The van der Waals surface area contributed by atoms with Gasteiger partial charge in [-0.1, -0.05) is 12.8 Å². The van der Waals surface area contributed by atoms with Gasteiger partial charge in [-0.25, -0.2) is 0 Å². The summed E-state index contributed by atoms with van der Waals surface area (Å²) in [6, 6.07) is 0.485. The van der Waals surface area contributed by atoms with Crippen molar-refractivity contribution in [2.45, 2.75) is 51.5 Å². The molecule has 0 spiro atoms. The first kappa shape index (κ1) is 13.3. The van der Waals surface area contributed by atoms with Gasteiger partial charge in [0.25, 0.3) is 5.95 Å². The predicted molar refractivity (Wildman–Crippen MR) is 71.8 cm³/mol. The zero-order valence-electron chi connectivity index (χ0n) is 11.5. The highest BCUT2D eigenvalue weighted by atomic mass is 16.5. The number of nitrogens with one attached hydrogen (secondary N) is 1. The molecule has 18 heavy (non-hydrogen) atoms. The number of aromatic nitrogens is 2. The van der Waals surface area contributed by atoms with Crippen molar-refractivity contribution in [2.24, 2.45) is 0 Å². The van der Waals surface area contributed by atoms with Gasteiger partial charge in [-0.2, -0.15) is 4.98 Å². The van der Waals surface area contributed by atoms with Crippen molar-refractivity contribution >= 4 is 5.95 Å². The largest absolute Gasteiger partial charge is 0.338 e. The van der Waals surface area contributed by atoms with Gasteiger partial charge >= 0.3 is 0 Å². The molecule has 1 N–H and O–H groups in total. The second-order valence-electron chi connectivity index (χ2n) is 5.12. The Morgan fingerprint density at radius 3 is 2.67 bits per heavy atom. The third-order valence-electron chi connectivity index (χ3n) is 3.63. The average Bonchev–Trinajstić information content (AvgIpc) is 2.69. The summed E-state index contributed by atoms with van der Waals surface area (Å²) in [7, 11) is 1.97. The first-order chi connectivity index (χ1) is 8.79. The fourth-order valence-corrected chi connectivity index (χ4v) is 2.23. The fourth-order valence-electron chi connectivity index (χ4n) is 2.23. The highest BCUT2D eigenvalue weighted by Crippen LogP contribution is 2.16. The molecule has 0 bridgehead atoms. The van der Waals surface area contributed by atoms with Crippen molar-refractivity contribution in [3.63, 3.8) is 0 Å². The molecular weight excluding hydrogens is 228 g/mol. The average molecular weight is 252 g/mol. The van der Waals surface area contributed by atoms with Gasteiger partial charge in [-0.15, -0.1) is 0 Å². The second kappa shape index (κ2) is 6.73. The van der Waals surface area contributed by atoms with E-state index in [1.54, 1.807) is 0 Å². The molecule has 1 aliphatic heterocycles. The Kier molecular flexibility index (Phi) is 4.99. The van der Waals surface area contributed by atoms with Crippen LogP contribution in [0.1, 0.15) is 44.9 Å². The maximum atomic E-state index is 5.32. The molecule has 0 amide bonds. The molecule has 0 saturated carbocycles. The third kappa shape index (κ3) is 3.70. The van der Waals surface area contributed by atoms with Crippen molar-refractivity contribution in [1.29, 1.82) is 0 Å². The van der Waals surface area contributed by atoms with E-state index in [-0.39, 0.29) is 0 Å². The lowest BCUT2D eigenvalue weighted by atomic mass is 10.2. The van der Waals surface area contributed by atoms with E-state index in [2.05, 4.69) is 27.3 Å². The molecule has 2 heterocycles. The van der Waals surface area contributed by atoms with E-state index in [0.717, 1.165) is 37.8 Å². The fraction of sp³-hybridized carbons (Fsp3) is 0.846. The van der Waals surface area contributed by atoms with Crippen LogP contribution in [-0.2, 0) is 6.42 Å². The Bertz CT molecular complexity index is 345. The molecule has 0 radical (unpaired) electrons. The Morgan fingerprint density at radius 1 is 1.28 bits per heavy atom. The van der Waals surface area contributed by atoms with E-state index in [1.807, 2.05) is 7.05 Å². The lowest BCUT2D eigenvalue weighted by molar-refractivity contribution is 0.368. The summed E-state index contributed by atoms with van der Waals surface area (Å²) in [6.45, 7) is 4.28. The molecule has 0 aromatic carbocycles. The van der Waals surface area contributed by atoms with Crippen LogP contribution in [0, 0.1) is 0 Å². The Morgan fingerprint density at radius 2 is 2.00 bits per heavy atom. The maximum Gasteiger partial charge on any atom is 0.266 e. The van der Waals surface area contributed by atoms with Gasteiger partial charge in [0.05, 0.1) is 0 Å². The van der Waals surface area contributed by atoms with Gasteiger partial charge in [0.2, 0.25) is 5.89 Å². The SMILES string of the molecule is CNC(C)CCc1nc(N2CCCCCC2)no1. The number of nitrogens with zero attached hydrogens (tertiary/aromatic N) is 3. The number of hydrogen-bond donors (Lipinski definition) is 1. The van der Waals surface area contributed by atoms with Gasteiger partial charge in [0, 0.05) is 25.6 Å². The maximum absolute atomic E-state index is 5.32. The molecule has 1 aliphatic rings. The summed E-state index contributed by atoms with van der Waals surface area (Å²) in [5.74, 6) is 1.54. The molecule has 2 rings (SSSR count). The Labute approximate surface area is 109 Å². The van der Waals surface area contributed by atoms with Crippen molar-refractivity contribution in [3.8, 4) is 0 Å². The highest BCUT2D eigenvalue weighted by Gasteiger charge is 2.16. The molecule has 1 unspecified atom stereocenters. The molecule has 1 fully saturated rings. The van der Waals surface area contributed by atoms with Crippen molar-refractivity contribution in [3.05, 3.63) is 5.89 Å².